The molecule has 0 spiro atoms. The largest absolute Gasteiger partial charge is 0.497 e. The van der Waals surface area contributed by atoms with Crippen LogP contribution in [0.2, 0.25) is 0 Å². The van der Waals surface area contributed by atoms with Crippen LogP contribution in [0.3, 0.4) is 0 Å². The number of amides is 1. The van der Waals surface area contributed by atoms with Crippen LogP contribution in [0.1, 0.15) is 5.56 Å². The van der Waals surface area contributed by atoms with E-state index < -0.39 is 35.8 Å². The van der Waals surface area contributed by atoms with Gasteiger partial charge in [-0.25, -0.2) is 8.78 Å². The summed E-state index contributed by atoms with van der Waals surface area (Å²) < 4.78 is 36.6. The van der Waals surface area contributed by atoms with Gasteiger partial charge in [-0.3, -0.25) is 9.59 Å². The maximum Gasteiger partial charge on any atom is 0.310 e. The van der Waals surface area contributed by atoms with Gasteiger partial charge >= 0.3 is 5.97 Å². The first-order valence-corrected chi connectivity index (χ1v) is 7.02. The summed E-state index contributed by atoms with van der Waals surface area (Å²) in [7, 11) is 1.53. The molecule has 2 aromatic carbocycles. The Morgan fingerprint density at radius 2 is 1.67 bits per heavy atom. The van der Waals surface area contributed by atoms with Crippen LogP contribution in [0.4, 0.5) is 14.5 Å². The molecule has 126 valence electrons. The Morgan fingerprint density at radius 1 is 1.04 bits per heavy atom. The van der Waals surface area contributed by atoms with Crippen LogP contribution in [0.15, 0.2) is 42.5 Å². The lowest BCUT2D eigenvalue weighted by Gasteiger charge is -2.08. The number of hydrogen-bond donors (Lipinski definition) is 1. The number of ether oxygens (including phenoxy) is 2. The second-order valence-corrected chi connectivity index (χ2v) is 4.83. The summed E-state index contributed by atoms with van der Waals surface area (Å²) in [6, 6.07) is 9.95. The Balaban J connectivity index is 1.83. The Labute approximate surface area is 137 Å². The molecule has 0 bridgehead atoms. The van der Waals surface area contributed by atoms with Crippen LogP contribution in [0.25, 0.3) is 0 Å². The van der Waals surface area contributed by atoms with E-state index in [2.05, 4.69) is 0 Å². The number of hydrogen-bond acceptors (Lipinski definition) is 4. The zero-order chi connectivity index (χ0) is 17.5. The highest BCUT2D eigenvalue weighted by Crippen LogP contribution is 2.17. The average molecular weight is 335 g/mol. The maximum atomic E-state index is 13.4. The monoisotopic (exact) mass is 335 g/mol. The standard InChI is InChI=1S/C17H15F2NO4/c1-23-12-7-5-11(6-8-12)9-16(22)24-10-15(21)20-17-13(18)3-2-4-14(17)19/h2-8H,9-10H2,1H3,(H,20,21). The molecule has 0 saturated heterocycles. The molecule has 0 aliphatic rings. The first kappa shape index (κ1) is 17.4. The third-order valence-electron chi connectivity index (χ3n) is 3.10. The number of para-hydroxylation sites is 1. The molecule has 0 aliphatic carbocycles. The van der Waals surface area contributed by atoms with Crippen molar-refractivity contribution in [3.63, 3.8) is 0 Å². The molecule has 0 radical (unpaired) electrons. The number of esters is 1. The van der Waals surface area contributed by atoms with Crippen LogP contribution in [0, 0.1) is 11.6 Å². The second kappa shape index (κ2) is 8.05. The van der Waals surface area contributed by atoms with E-state index in [9.17, 15) is 18.4 Å². The van der Waals surface area contributed by atoms with E-state index in [-0.39, 0.29) is 6.42 Å². The minimum atomic E-state index is -0.909. The zero-order valence-electron chi connectivity index (χ0n) is 12.8. The van der Waals surface area contributed by atoms with Crippen molar-refractivity contribution in [2.24, 2.45) is 0 Å². The van der Waals surface area contributed by atoms with Crippen LogP contribution in [0.5, 0.6) is 5.75 Å². The third kappa shape index (κ3) is 4.77. The quantitative estimate of drug-likeness (QED) is 0.825. The number of rotatable bonds is 6. The molecule has 7 heteroatoms. The van der Waals surface area contributed by atoms with Gasteiger partial charge in [-0.1, -0.05) is 18.2 Å². The summed E-state index contributed by atoms with van der Waals surface area (Å²) in [4.78, 5) is 23.3. The highest BCUT2D eigenvalue weighted by atomic mass is 19.1. The van der Waals surface area contributed by atoms with Crippen molar-refractivity contribution in [1.29, 1.82) is 0 Å². The van der Waals surface area contributed by atoms with E-state index in [4.69, 9.17) is 9.47 Å². The third-order valence-corrected chi connectivity index (χ3v) is 3.10. The van der Waals surface area contributed by atoms with Gasteiger partial charge in [-0.15, -0.1) is 0 Å². The van der Waals surface area contributed by atoms with Crippen LogP contribution in [-0.4, -0.2) is 25.6 Å². The fraction of sp³-hybridized carbons (Fsp3) is 0.176. The van der Waals surface area contributed by atoms with Crippen molar-refractivity contribution in [2.45, 2.75) is 6.42 Å². The normalized spacial score (nSPS) is 10.1. The molecule has 1 amide bonds. The van der Waals surface area contributed by atoms with Gasteiger partial charge in [0.25, 0.3) is 5.91 Å². The lowest BCUT2D eigenvalue weighted by Crippen LogP contribution is -2.22. The summed E-state index contributed by atoms with van der Waals surface area (Å²) in [6.45, 7) is -0.636. The van der Waals surface area contributed by atoms with Gasteiger partial charge in [0, 0.05) is 0 Å². The number of methoxy groups -OCH3 is 1. The number of halogens is 2. The predicted molar refractivity (Wildman–Crippen MR) is 82.6 cm³/mol. The van der Waals surface area contributed by atoms with Gasteiger partial charge < -0.3 is 14.8 Å². The molecule has 0 aliphatic heterocycles. The van der Waals surface area contributed by atoms with Gasteiger partial charge in [0.15, 0.2) is 6.61 Å². The molecule has 1 N–H and O–H groups in total. The predicted octanol–water partition coefficient (Wildman–Crippen LogP) is 2.70. The molecule has 0 unspecified atom stereocenters. The Bertz CT molecular complexity index is 712. The highest BCUT2D eigenvalue weighted by Gasteiger charge is 2.14. The SMILES string of the molecule is COc1ccc(CC(=O)OCC(=O)Nc2c(F)cccc2F)cc1. The van der Waals surface area contributed by atoms with Crippen molar-refractivity contribution in [1.82, 2.24) is 0 Å². The zero-order valence-corrected chi connectivity index (χ0v) is 12.8. The molecule has 2 rings (SSSR count). The van der Waals surface area contributed by atoms with Crippen molar-refractivity contribution in [3.8, 4) is 5.75 Å². The van der Waals surface area contributed by atoms with E-state index in [1.54, 1.807) is 24.3 Å². The molecule has 0 atom stereocenters. The summed E-state index contributed by atoms with van der Waals surface area (Å²) >= 11 is 0. The lowest BCUT2D eigenvalue weighted by atomic mass is 10.1. The number of nitrogens with one attached hydrogen (secondary N) is 1. The van der Waals surface area contributed by atoms with Crippen molar-refractivity contribution >= 4 is 17.6 Å². The number of anilines is 1. The Hall–Kier alpha value is -2.96. The van der Waals surface area contributed by atoms with E-state index >= 15 is 0 Å². The maximum absolute atomic E-state index is 13.4. The van der Waals surface area contributed by atoms with Crippen molar-refractivity contribution in [3.05, 3.63) is 59.7 Å². The summed E-state index contributed by atoms with van der Waals surface area (Å²) in [6.07, 6.45) is -0.0364. The fourth-order valence-corrected chi connectivity index (χ4v) is 1.90. The van der Waals surface area contributed by atoms with Gasteiger partial charge in [0.05, 0.1) is 13.5 Å². The number of carbonyl (C=O) groups is 2. The van der Waals surface area contributed by atoms with E-state index in [1.807, 2.05) is 5.32 Å². The molecule has 0 fully saturated rings. The van der Waals surface area contributed by atoms with E-state index in [0.717, 1.165) is 12.1 Å². The minimum Gasteiger partial charge on any atom is -0.497 e. The van der Waals surface area contributed by atoms with Gasteiger partial charge in [-0.2, -0.15) is 0 Å². The summed E-state index contributed by atoms with van der Waals surface area (Å²) in [5.74, 6) is -2.63. The molecule has 0 saturated carbocycles. The van der Waals surface area contributed by atoms with Gasteiger partial charge in [0.2, 0.25) is 0 Å². The number of benzene rings is 2. The highest BCUT2D eigenvalue weighted by molar-refractivity contribution is 5.93. The topological polar surface area (TPSA) is 64.6 Å². The lowest BCUT2D eigenvalue weighted by molar-refractivity contribution is -0.146. The fourth-order valence-electron chi connectivity index (χ4n) is 1.90. The van der Waals surface area contributed by atoms with Crippen molar-refractivity contribution in [2.75, 3.05) is 19.0 Å². The Morgan fingerprint density at radius 3 is 2.25 bits per heavy atom. The summed E-state index contributed by atoms with van der Waals surface area (Å²) in [5, 5.41) is 2.03. The summed E-state index contributed by atoms with van der Waals surface area (Å²) in [5.41, 5.74) is 0.107. The molecular weight excluding hydrogens is 320 g/mol. The van der Waals surface area contributed by atoms with Gasteiger partial charge in [0.1, 0.15) is 23.1 Å². The molecule has 5 nitrogen and oxygen atoms in total. The van der Waals surface area contributed by atoms with E-state index in [1.165, 1.54) is 13.2 Å². The molecular formula is C17H15F2NO4. The molecule has 0 aromatic heterocycles. The first-order valence-electron chi connectivity index (χ1n) is 7.02. The molecule has 2 aromatic rings. The van der Waals surface area contributed by atoms with Crippen molar-refractivity contribution < 1.29 is 27.8 Å². The minimum absolute atomic E-state index is 0.0364. The van der Waals surface area contributed by atoms with Crippen LogP contribution < -0.4 is 10.1 Å². The Kier molecular flexibility index (Phi) is 5.83. The molecule has 24 heavy (non-hydrogen) atoms. The molecule has 0 heterocycles. The average Bonchev–Trinajstić information content (AvgIpc) is 2.57. The second-order valence-electron chi connectivity index (χ2n) is 4.83. The van der Waals surface area contributed by atoms with Crippen LogP contribution >= 0.6 is 0 Å². The first-order chi connectivity index (χ1) is 11.5. The van der Waals surface area contributed by atoms with E-state index in [0.29, 0.717) is 11.3 Å². The number of carbonyl (C=O) groups excluding carboxylic acids is 2. The van der Waals surface area contributed by atoms with Crippen LogP contribution in [-0.2, 0) is 20.7 Å². The smallest absolute Gasteiger partial charge is 0.310 e. The van der Waals surface area contributed by atoms with Gasteiger partial charge in [-0.05, 0) is 29.8 Å².